The summed E-state index contributed by atoms with van der Waals surface area (Å²) in [5.74, 6) is 1.67. The molecule has 122 valence electrons. The van der Waals surface area contributed by atoms with Crippen molar-refractivity contribution in [1.82, 2.24) is 4.98 Å². The van der Waals surface area contributed by atoms with Crippen LogP contribution >= 0.6 is 0 Å². The molecule has 1 aliphatic heterocycles. The van der Waals surface area contributed by atoms with Crippen LogP contribution in [-0.4, -0.2) is 24.1 Å². The fourth-order valence-corrected chi connectivity index (χ4v) is 4.53. The van der Waals surface area contributed by atoms with Crippen LogP contribution in [0.5, 0.6) is 0 Å². The molecular formula is C19H24N2O2. The van der Waals surface area contributed by atoms with Crippen LogP contribution < -0.4 is 5.73 Å². The lowest BCUT2D eigenvalue weighted by molar-refractivity contribution is 0.0425. The lowest BCUT2D eigenvalue weighted by Gasteiger charge is -2.35. The number of amides is 1. The minimum atomic E-state index is -0.355. The van der Waals surface area contributed by atoms with E-state index in [1.54, 1.807) is 0 Å². The van der Waals surface area contributed by atoms with Crippen molar-refractivity contribution < 1.29 is 9.53 Å². The van der Waals surface area contributed by atoms with E-state index in [-0.39, 0.29) is 5.91 Å². The lowest BCUT2D eigenvalue weighted by atomic mass is 9.72. The molecule has 0 spiro atoms. The van der Waals surface area contributed by atoms with Crippen molar-refractivity contribution >= 4 is 16.8 Å². The molecule has 1 saturated heterocycles. The zero-order valence-electron chi connectivity index (χ0n) is 13.6. The van der Waals surface area contributed by atoms with Gasteiger partial charge in [-0.2, -0.15) is 0 Å². The number of benzene rings is 1. The first-order valence-electron chi connectivity index (χ1n) is 8.65. The van der Waals surface area contributed by atoms with Crippen LogP contribution in [0.1, 0.15) is 53.7 Å². The Bertz CT molecular complexity index is 743. The standard InChI is InChI=1S/C19H24N2O2/c1-11-8-14(12-4-6-23-7-5-12)10-16-15-9-13(19(20)22)2-3-17(15)21-18(11)16/h2-3,9,11-12,14,21H,4-8,10H2,1H3,(H2,20,22). The maximum atomic E-state index is 11.5. The number of carbonyl (C=O) groups is 1. The molecule has 1 aliphatic carbocycles. The minimum absolute atomic E-state index is 0.355. The lowest BCUT2D eigenvalue weighted by Crippen LogP contribution is -2.28. The van der Waals surface area contributed by atoms with Crippen molar-refractivity contribution in [3.63, 3.8) is 0 Å². The molecule has 2 atom stereocenters. The second-order valence-electron chi connectivity index (χ2n) is 7.19. The molecule has 4 heteroatoms. The molecule has 0 bridgehead atoms. The average molecular weight is 312 g/mol. The zero-order chi connectivity index (χ0) is 16.0. The molecule has 4 nitrogen and oxygen atoms in total. The number of hydrogen-bond acceptors (Lipinski definition) is 2. The summed E-state index contributed by atoms with van der Waals surface area (Å²) < 4.78 is 5.53. The second-order valence-corrected chi connectivity index (χ2v) is 7.19. The largest absolute Gasteiger partial charge is 0.381 e. The highest BCUT2D eigenvalue weighted by atomic mass is 16.5. The zero-order valence-corrected chi connectivity index (χ0v) is 13.6. The molecule has 0 saturated carbocycles. The van der Waals surface area contributed by atoms with E-state index in [4.69, 9.17) is 10.5 Å². The van der Waals surface area contributed by atoms with E-state index in [0.29, 0.717) is 11.5 Å². The van der Waals surface area contributed by atoms with Crippen LogP contribution in [0.2, 0.25) is 0 Å². The highest BCUT2D eigenvalue weighted by Crippen LogP contribution is 2.43. The number of nitrogens with two attached hydrogens (primary N) is 1. The van der Waals surface area contributed by atoms with Gasteiger partial charge >= 0.3 is 0 Å². The molecule has 2 aromatic rings. The van der Waals surface area contributed by atoms with Crippen LogP contribution in [-0.2, 0) is 11.2 Å². The molecule has 23 heavy (non-hydrogen) atoms. The van der Waals surface area contributed by atoms with Crippen LogP contribution in [0.25, 0.3) is 10.9 Å². The topological polar surface area (TPSA) is 68.1 Å². The van der Waals surface area contributed by atoms with Gasteiger partial charge in [-0.15, -0.1) is 0 Å². The summed E-state index contributed by atoms with van der Waals surface area (Å²) in [6.45, 7) is 4.12. The van der Waals surface area contributed by atoms with Gasteiger partial charge in [-0.1, -0.05) is 6.92 Å². The van der Waals surface area contributed by atoms with Gasteiger partial charge in [0.25, 0.3) is 0 Å². The maximum absolute atomic E-state index is 11.5. The Labute approximate surface area is 136 Å². The highest BCUT2D eigenvalue weighted by molar-refractivity contribution is 5.98. The average Bonchev–Trinajstić information content (AvgIpc) is 2.94. The van der Waals surface area contributed by atoms with Gasteiger partial charge in [-0.3, -0.25) is 4.79 Å². The number of hydrogen-bond donors (Lipinski definition) is 2. The Morgan fingerprint density at radius 2 is 2.04 bits per heavy atom. The predicted molar refractivity (Wildman–Crippen MR) is 90.6 cm³/mol. The number of aromatic nitrogens is 1. The van der Waals surface area contributed by atoms with Gasteiger partial charge < -0.3 is 15.5 Å². The molecule has 1 amide bonds. The number of carbonyl (C=O) groups excluding carboxylic acids is 1. The fraction of sp³-hybridized carbons (Fsp3) is 0.526. The molecule has 1 aromatic carbocycles. The number of ether oxygens (including phenoxy) is 1. The Morgan fingerprint density at radius 1 is 1.26 bits per heavy atom. The first-order valence-corrected chi connectivity index (χ1v) is 8.65. The third-order valence-corrected chi connectivity index (χ3v) is 5.77. The first-order chi connectivity index (χ1) is 11.1. The Kier molecular flexibility index (Phi) is 3.64. The molecule has 0 radical (unpaired) electrons. The number of aromatic amines is 1. The maximum Gasteiger partial charge on any atom is 0.248 e. The van der Waals surface area contributed by atoms with Crippen LogP contribution in [0, 0.1) is 11.8 Å². The number of primary amides is 1. The summed E-state index contributed by atoms with van der Waals surface area (Å²) in [6, 6.07) is 5.77. The minimum Gasteiger partial charge on any atom is -0.381 e. The van der Waals surface area contributed by atoms with Crippen molar-refractivity contribution in [2.75, 3.05) is 13.2 Å². The van der Waals surface area contributed by atoms with Crippen molar-refractivity contribution in [1.29, 1.82) is 0 Å². The summed E-state index contributed by atoms with van der Waals surface area (Å²) >= 11 is 0. The number of fused-ring (bicyclic) bond motifs is 3. The van der Waals surface area contributed by atoms with Gasteiger partial charge in [-0.25, -0.2) is 0 Å². The van der Waals surface area contributed by atoms with Crippen molar-refractivity contribution in [3.05, 3.63) is 35.0 Å². The van der Waals surface area contributed by atoms with Gasteiger partial charge in [0.2, 0.25) is 5.91 Å². The number of nitrogens with one attached hydrogen (secondary N) is 1. The van der Waals surface area contributed by atoms with Crippen molar-refractivity contribution in [2.45, 2.75) is 38.5 Å². The van der Waals surface area contributed by atoms with E-state index in [9.17, 15) is 4.79 Å². The normalized spacial score (nSPS) is 25.4. The van der Waals surface area contributed by atoms with Gasteiger partial charge in [0.15, 0.2) is 0 Å². The van der Waals surface area contributed by atoms with E-state index >= 15 is 0 Å². The summed E-state index contributed by atoms with van der Waals surface area (Å²) in [5, 5.41) is 1.18. The monoisotopic (exact) mass is 312 g/mol. The summed E-state index contributed by atoms with van der Waals surface area (Å²) in [7, 11) is 0. The predicted octanol–water partition coefficient (Wildman–Crippen LogP) is 3.36. The van der Waals surface area contributed by atoms with Gasteiger partial charge in [0, 0.05) is 35.4 Å². The molecule has 2 aliphatic rings. The molecule has 1 aromatic heterocycles. The second kappa shape index (κ2) is 5.68. The van der Waals surface area contributed by atoms with E-state index in [1.165, 1.54) is 35.9 Å². The molecular weight excluding hydrogens is 288 g/mol. The molecule has 1 fully saturated rings. The third kappa shape index (κ3) is 2.55. The van der Waals surface area contributed by atoms with E-state index in [0.717, 1.165) is 37.0 Å². The summed E-state index contributed by atoms with van der Waals surface area (Å²) in [4.78, 5) is 15.1. The third-order valence-electron chi connectivity index (χ3n) is 5.77. The van der Waals surface area contributed by atoms with Gasteiger partial charge in [-0.05, 0) is 67.2 Å². The molecule has 2 unspecified atom stereocenters. The number of H-pyrrole nitrogens is 1. The van der Waals surface area contributed by atoms with Crippen molar-refractivity contribution in [2.24, 2.45) is 17.6 Å². The van der Waals surface area contributed by atoms with E-state index in [1.807, 2.05) is 18.2 Å². The Balaban J connectivity index is 1.73. The smallest absolute Gasteiger partial charge is 0.248 e. The summed E-state index contributed by atoms with van der Waals surface area (Å²) in [5.41, 5.74) is 9.93. The van der Waals surface area contributed by atoms with Crippen LogP contribution in [0.3, 0.4) is 0 Å². The highest BCUT2D eigenvalue weighted by Gasteiger charge is 2.33. The molecule has 3 N–H and O–H groups in total. The van der Waals surface area contributed by atoms with E-state index < -0.39 is 0 Å². The van der Waals surface area contributed by atoms with Gasteiger partial charge in [0.1, 0.15) is 0 Å². The Morgan fingerprint density at radius 3 is 2.78 bits per heavy atom. The van der Waals surface area contributed by atoms with E-state index in [2.05, 4.69) is 11.9 Å². The quantitative estimate of drug-likeness (QED) is 0.893. The SMILES string of the molecule is CC1CC(C2CCOCC2)Cc2c1[nH]c1ccc(C(N)=O)cc21. The van der Waals surface area contributed by atoms with Crippen LogP contribution in [0.15, 0.2) is 18.2 Å². The van der Waals surface area contributed by atoms with Crippen LogP contribution in [0.4, 0.5) is 0 Å². The molecule has 4 rings (SSSR count). The van der Waals surface area contributed by atoms with Crippen molar-refractivity contribution in [3.8, 4) is 0 Å². The first kappa shape index (κ1) is 14.8. The summed E-state index contributed by atoms with van der Waals surface area (Å²) in [6.07, 6.45) is 4.71. The number of rotatable bonds is 2. The Hall–Kier alpha value is -1.81. The van der Waals surface area contributed by atoms with Gasteiger partial charge in [0.05, 0.1) is 0 Å². The molecule has 2 heterocycles. The fourth-order valence-electron chi connectivity index (χ4n) is 4.53.